The number of aliphatic carboxylic acids is 1. The van der Waals surface area contributed by atoms with Gasteiger partial charge in [-0.1, -0.05) is 0 Å². The van der Waals surface area contributed by atoms with E-state index in [2.05, 4.69) is 4.90 Å². The fourth-order valence-corrected chi connectivity index (χ4v) is 2.84. The summed E-state index contributed by atoms with van der Waals surface area (Å²) >= 11 is 0. The summed E-state index contributed by atoms with van der Waals surface area (Å²) in [5, 5.41) is 13.8. The van der Waals surface area contributed by atoms with Gasteiger partial charge in [0.2, 0.25) is 10.0 Å². The summed E-state index contributed by atoms with van der Waals surface area (Å²) in [7, 11) is -3.67. The molecule has 1 aliphatic heterocycles. The van der Waals surface area contributed by atoms with Crippen molar-refractivity contribution >= 4 is 21.7 Å². The molecule has 3 N–H and O–H groups in total. The number of carboxylic acid groups (broad SMARTS) is 1. The molecule has 1 heterocycles. The number of primary sulfonamides is 1. The topological polar surface area (TPSA) is 101 Å². The molecule has 19 heavy (non-hydrogen) atoms. The van der Waals surface area contributed by atoms with Crippen LogP contribution in [0.25, 0.3) is 0 Å². The van der Waals surface area contributed by atoms with Crippen molar-refractivity contribution < 1.29 is 18.3 Å². The molecule has 7 heteroatoms. The van der Waals surface area contributed by atoms with Gasteiger partial charge in [-0.05, 0) is 36.6 Å². The average Bonchev–Trinajstić information content (AvgIpc) is 2.75. The maximum absolute atomic E-state index is 11.1. The lowest BCUT2D eigenvalue weighted by atomic mass is 10.1. The van der Waals surface area contributed by atoms with E-state index in [-0.39, 0.29) is 17.2 Å². The zero-order valence-corrected chi connectivity index (χ0v) is 11.1. The number of carbonyl (C=O) groups is 1. The highest BCUT2D eigenvalue weighted by Gasteiger charge is 2.24. The molecule has 1 unspecified atom stereocenters. The minimum absolute atomic E-state index is 0.0810. The zero-order chi connectivity index (χ0) is 14.0. The number of nitrogens with zero attached hydrogens (tertiary/aromatic N) is 1. The monoisotopic (exact) mass is 284 g/mol. The Balaban J connectivity index is 2.06. The molecule has 0 spiro atoms. The third-order valence-corrected chi connectivity index (χ3v) is 4.21. The van der Waals surface area contributed by atoms with E-state index >= 15 is 0 Å². The van der Waals surface area contributed by atoms with Crippen molar-refractivity contribution in [3.63, 3.8) is 0 Å². The van der Waals surface area contributed by atoms with Crippen LogP contribution >= 0.6 is 0 Å². The summed E-state index contributed by atoms with van der Waals surface area (Å²) in [6.45, 7) is 1.47. The van der Waals surface area contributed by atoms with Gasteiger partial charge in [0.05, 0.1) is 4.90 Å². The van der Waals surface area contributed by atoms with Crippen molar-refractivity contribution in [1.82, 2.24) is 0 Å². The Morgan fingerprint density at radius 3 is 2.53 bits per heavy atom. The van der Waals surface area contributed by atoms with Gasteiger partial charge < -0.3 is 10.0 Å². The zero-order valence-electron chi connectivity index (χ0n) is 10.3. The Bertz CT molecular complexity index is 568. The van der Waals surface area contributed by atoms with Crippen LogP contribution in [-0.4, -0.2) is 32.6 Å². The van der Waals surface area contributed by atoms with Gasteiger partial charge in [-0.3, -0.25) is 4.79 Å². The Kier molecular flexibility index (Phi) is 3.77. The van der Waals surface area contributed by atoms with Crippen molar-refractivity contribution in [3.8, 4) is 0 Å². The summed E-state index contributed by atoms with van der Waals surface area (Å²) < 4.78 is 22.3. The van der Waals surface area contributed by atoms with Gasteiger partial charge in [-0.25, -0.2) is 13.6 Å². The minimum Gasteiger partial charge on any atom is -0.481 e. The summed E-state index contributed by atoms with van der Waals surface area (Å²) in [5.41, 5.74) is 0.889. The number of rotatable bonds is 4. The predicted octanol–water partition coefficient (Wildman–Crippen LogP) is 0.635. The second kappa shape index (κ2) is 5.18. The molecule has 1 saturated heterocycles. The lowest BCUT2D eigenvalue weighted by molar-refractivity contribution is -0.137. The van der Waals surface area contributed by atoms with E-state index in [9.17, 15) is 13.2 Å². The molecule has 2 rings (SSSR count). The van der Waals surface area contributed by atoms with E-state index < -0.39 is 16.0 Å². The van der Waals surface area contributed by atoms with Gasteiger partial charge in [0, 0.05) is 25.2 Å². The molecule has 1 fully saturated rings. The highest BCUT2D eigenvalue weighted by molar-refractivity contribution is 7.89. The Labute approximate surface area is 111 Å². The molecule has 104 valence electrons. The molecule has 1 aromatic carbocycles. The Morgan fingerprint density at radius 2 is 2.00 bits per heavy atom. The highest BCUT2D eigenvalue weighted by atomic mass is 32.2. The lowest BCUT2D eigenvalue weighted by Crippen LogP contribution is -2.20. The number of sulfonamides is 1. The van der Waals surface area contributed by atoms with Crippen LogP contribution in [-0.2, 0) is 14.8 Å². The molecule has 1 aliphatic rings. The first-order valence-electron chi connectivity index (χ1n) is 5.96. The van der Waals surface area contributed by atoms with Crippen molar-refractivity contribution in [3.05, 3.63) is 24.3 Å². The van der Waals surface area contributed by atoms with Crippen molar-refractivity contribution in [2.45, 2.75) is 17.7 Å². The summed E-state index contributed by atoms with van der Waals surface area (Å²) in [6, 6.07) is 6.33. The second-order valence-corrected chi connectivity index (χ2v) is 6.30. The van der Waals surface area contributed by atoms with Crippen LogP contribution in [0.15, 0.2) is 29.2 Å². The molecule has 0 aromatic heterocycles. The lowest BCUT2D eigenvalue weighted by Gasteiger charge is -2.18. The van der Waals surface area contributed by atoms with E-state index in [0.29, 0.717) is 6.54 Å². The van der Waals surface area contributed by atoms with Gasteiger partial charge >= 0.3 is 5.97 Å². The van der Waals surface area contributed by atoms with Crippen LogP contribution < -0.4 is 10.0 Å². The summed E-state index contributed by atoms with van der Waals surface area (Å²) in [4.78, 5) is 12.8. The molecular weight excluding hydrogens is 268 g/mol. The van der Waals surface area contributed by atoms with Crippen LogP contribution in [0.3, 0.4) is 0 Å². The van der Waals surface area contributed by atoms with Gasteiger partial charge in [0.15, 0.2) is 0 Å². The normalized spacial score (nSPS) is 19.6. The largest absolute Gasteiger partial charge is 0.481 e. The summed E-state index contributed by atoms with van der Waals surface area (Å²) in [6.07, 6.45) is 1.01. The number of hydrogen-bond acceptors (Lipinski definition) is 4. The second-order valence-electron chi connectivity index (χ2n) is 4.74. The molecule has 0 saturated carbocycles. The minimum atomic E-state index is -3.67. The first-order chi connectivity index (χ1) is 8.86. The van der Waals surface area contributed by atoms with E-state index in [1.54, 1.807) is 12.1 Å². The third kappa shape index (κ3) is 3.45. The van der Waals surface area contributed by atoms with Gasteiger partial charge in [0.25, 0.3) is 0 Å². The van der Waals surface area contributed by atoms with Crippen LogP contribution in [0.5, 0.6) is 0 Å². The van der Waals surface area contributed by atoms with Crippen molar-refractivity contribution in [1.29, 1.82) is 0 Å². The first kappa shape index (κ1) is 13.8. The van der Waals surface area contributed by atoms with Crippen LogP contribution in [0.1, 0.15) is 12.8 Å². The van der Waals surface area contributed by atoms with Crippen molar-refractivity contribution in [2.75, 3.05) is 18.0 Å². The third-order valence-electron chi connectivity index (χ3n) is 3.28. The van der Waals surface area contributed by atoms with Crippen LogP contribution in [0.2, 0.25) is 0 Å². The predicted molar refractivity (Wildman–Crippen MR) is 70.4 cm³/mol. The van der Waals surface area contributed by atoms with E-state index in [1.165, 1.54) is 12.1 Å². The van der Waals surface area contributed by atoms with Crippen LogP contribution in [0, 0.1) is 5.92 Å². The van der Waals surface area contributed by atoms with E-state index in [0.717, 1.165) is 18.7 Å². The molecular formula is C12H16N2O4S. The smallest absolute Gasteiger partial charge is 0.303 e. The fourth-order valence-electron chi connectivity index (χ4n) is 2.33. The molecule has 0 radical (unpaired) electrons. The Morgan fingerprint density at radius 1 is 1.37 bits per heavy atom. The van der Waals surface area contributed by atoms with Crippen LogP contribution in [0.4, 0.5) is 5.69 Å². The average molecular weight is 284 g/mol. The van der Waals surface area contributed by atoms with Crippen molar-refractivity contribution in [2.24, 2.45) is 11.1 Å². The first-order valence-corrected chi connectivity index (χ1v) is 7.50. The maximum Gasteiger partial charge on any atom is 0.303 e. The van der Waals surface area contributed by atoms with E-state index in [1.807, 2.05) is 0 Å². The standard InChI is InChI=1S/C12H16N2O4S/c13-19(17,18)11-3-1-10(2-4-11)14-6-5-9(8-14)7-12(15)16/h1-4,9H,5-8H2,(H,15,16)(H2,13,17,18). The maximum atomic E-state index is 11.1. The van der Waals surface area contributed by atoms with Gasteiger partial charge in [-0.2, -0.15) is 0 Å². The molecule has 6 nitrogen and oxygen atoms in total. The molecule has 0 bridgehead atoms. The SMILES string of the molecule is NS(=O)(=O)c1ccc(N2CCC(CC(=O)O)C2)cc1. The fraction of sp³-hybridized carbons (Fsp3) is 0.417. The quantitative estimate of drug-likeness (QED) is 0.844. The molecule has 1 aromatic rings. The number of carboxylic acids is 1. The number of benzene rings is 1. The molecule has 0 aliphatic carbocycles. The molecule has 0 amide bonds. The summed E-state index contributed by atoms with van der Waals surface area (Å²) in [5.74, 6) is -0.633. The number of nitrogens with two attached hydrogens (primary N) is 1. The highest BCUT2D eigenvalue weighted by Crippen LogP contribution is 2.26. The van der Waals surface area contributed by atoms with Gasteiger partial charge in [-0.15, -0.1) is 0 Å². The Hall–Kier alpha value is -1.60. The molecule has 1 atom stereocenters. The van der Waals surface area contributed by atoms with E-state index in [4.69, 9.17) is 10.2 Å². The number of anilines is 1. The number of hydrogen-bond donors (Lipinski definition) is 2. The van der Waals surface area contributed by atoms with Gasteiger partial charge in [0.1, 0.15) is 0 Å².